The van der Waals surface area contributed by atoms with E-state index in [-0.39, 0.29) is 11.9 Å². The molecule has 0 spiro atoms. The maximum Gasteiger partial charge on any atom is 0.255 e. The van der Waals surface area contributed by atoms with Crippen molar-refractivity contribution in [2.24, 2.45) is 7.05 Å². The standard InChI is InChI=1S/C21H22N6O2/c1-25-7-8-29-13-19(25)17-12-27-11-16(4-6-20(27)24-17)23-21(28)14-3-5-18-15(9-14)10-22-26(18)2/h3-6,9-12,19H,7-8,13H2,1-2H3,(H,23,28)/t19-/m0/s1. The maximum atomic E-state index is 12.7. The first kappa shape index (κ1) is 17.8. The van der Waals surface area contributed by atoms with E-state index < -0.39 is 0 Å². The molecule has 0 bridgehead atoms. The highest BCUT2D eigenvalue weighted by atomic mass is 16.5. The predicted octanol–water partition coefficient (Wildman–Crippen LogP) is 2.48. The number of carbonyl (C=O) groups excluding carboxylic acids is 1. The SMILES string of the molecule is CN1CCOC[C@H]1c1cn2cc(NC(=O)c3ccc4c(cnn4C)c3)ccc2n1. The number of carbonyl (C=O) groups is 1. The van der Waals surface area contributed by atoms with Gasteiger partial charge in [-0.3, -0.25) is 14.4 Å². The summed E-state index contributed by atoms with van der Waals surface area (Å²) >= 11 is 0. The minimum atomic E-state index is -0.157. The third kappa shape index (κ3) is 3.26. The van der Waals surface area contributed by atoms with Crippen LogP contribution in [0, 0.1) is 0 Å². The predicted molar refractivity (Wildman–Crippen MR) is 110 cm³/mol. The Bertz CT molecular complexity index is 1210. The number of fused-ring (bicyclic) bond motifs is 2. The van der Waals surface area contributed by atoms with E-state index in [1.807, 2.05) is 54.2 Å². The van der Waals surface area contributed by atoms with Crippen LogP contribution in [0.4, 0.5) is 5.69 Å². The molecule has 1 aliphatic heterocycles. The number of amides is 1. The van der Waals surface area contributed by atoms with Crippen molar-refractivity contribution in [3.63, 3.8) is 0 Å². The Morgan fingerprint density at radius 3 is 2.97 bits per heavy atom. The molecule has 0 saturated carbocycles. The zero-order valence-electron chi connectivity index (χ0n) is 16.4. The molecule has 0 radical (unpaired) electrons. The zero-order valence-corrected chi connectivity index (χ0v) is 16.4. The van der Waals surface area contributed by atoms with Crippen molar-refractivity contribution < 1.29 is 9.53 Å². The number of nitrogens with zero attached hydrogens (tertiary/aromatic N) is 5. The van der Waals surface area contributed by atoms with Gasteiger partial charge in [0.15, 0.2) is 0 Å². The number of hydrogen-bond acceptors (Lipinski definition) is 5. The second-order valence-electron chi connectivity index (χ2n) is 7.42. The first-order valence-electron chi connectivity index (χ1n) is 9.58. The van der Waals surface area contributed by atoms with Gasteiger partial charge in [0.05, 0.1) is 42.4 Å². The van der Waals surface area contributed by atoms with Crippen molar-refractivity contribution >= 4 is 28.1 Å². The summed E-state index contributed by atoms with van der Waals surface area (Å²) < 4.78 is 9.34. The van der Waals surface area contributed by atoms with Gasteiger partial charge < -0.3 is 14.5 Å². The van der Waals surface area contributed by atoms with E-state index in [1.54, 1.807) is 10.9 Å². The van der Waals surface area contributed by atoms with Crippen molar-refractivity contribution in [1.82, 2.24) is 24.1 Å². The summed E-state index contributed by atoms with van der Waals surface area (Å²) in [6.07, 6.45) is 5.65. The van der Waals surface area contributed by atoms with Crippen LogP contribution in [0.15, 0.2) is 48.9 Å². The van der Waals surface area contributed by atoms with Gasteiger partial charge in [0.1, 0.15) is 5.65 Å². The lowest BCUT2D eigenvalue weighted by atomic mass is 10.1. The van der Waals surface area contributed by atoms with E-state index in [0.29, 0.717) is 17.9 Å². The molecule has 1 aliphatic rings. The molecule has 4 heterocycles. The summed E-state index contributed by atoms with van der Waals surface area (Å²) in [5.41, 5.74) is 4.11. The molecule has 8 heteroatoms. The number of benzene rings is 1. The summed E-state index contributed by atoms with van der Waals surface area (Å²) in [7, 11) is 3.97. The van der Waals surface area contributed by atoms with Crippen molar-refractivity contribution in [2.45, 2.75) is 6.04 Å². The fraction of sp³-hybridized carbons (Fsp3) is 0.286. The van der Waals surface area contributed by atoms with E-state index in [9.17, 15) is 4.79 Å². The minimum absolute atomic E-state index is 0.146. The van der Waals surface area contributed by atoms with Crippen LogP contribution in [-0.4, -0.2) is 56.8 Å². The smallest absolute Gasteiger partial charge is 0.255 e. The Morgan fingerprint density at radius 2 is 2.10 bits per heavy atom. The Kier molecular flexibility index (Phi) is 4.30. The van der Waals surface area contributed by atoms with Gasteiger partial charge in [-0.1, -0.05) is 0 Å². The van der Waals surface area contributed by atoms with Crippen LogP contribution in [0.1, 0.15) is 22.1 Å². The molecule has 1 fully saturated rings. The number of pyridine rings is 1. The highest BCUT2D eigenvalue weighted by Gasteiger charge is 2.23. The number of ether oxygens (including phenoxy) is 1. The minimum Gasteiger partial charge on any atom is -0.378 e. The lowest BCUT2D eigenvalue weighted by Gasteiger charge is -2.30. The van der Waals surface area contributed by atoms with Gasteiger partial charge >= 0.3 is 0 Å². The largest absolute Gasteiger partial charge is 0.378 e. The normalized spacial score (nSPS) is 17.8. The summed E-state index contributed by atoms with van der Waals surface area (Å²) in [6, 6.07) is 9.50. The van der Waals surface area contributed by atoms with Gasteiger partial charge in [-0.15, -0.1) is 0 Å². The molecule has 5 rings (SSSR count). The number of imidazole rings is 1. The van der Waals surface area contributed by atoms with Crippen LogP contribution >= 0.6 is 0 Å². The molecular formula is C21H22N6O2. The van der Waals surface area contributed by atoms with Crippen LogP contribution in [0.5, 0.6) is 0 Å². The quantitative estimate of drug-likeness (QED) is 0.582. The number of morpholine rings is 1. The fourth-order valence-electron chi connectivity index (χ4n) is 3.75. The molecule has 29 heavy (non-hydrogen) atoms. The lowest BCUT2D eigenvalue weighted by Crippen LogP contribution is -2.36. The summed E-state index contributed by atoms with van der Waals surface area (Å²) in [4.78, 5) is 19.7. The zero-order chi connectivity index (χ0) is 20.0. The monoisotopic (exact) mass is 390 g/mol. The molecule has 1 amide bonds. The van der Waals surface area contributed by atoms with Crippen molar-refractivity contribution in [3.8, 4) is 0 Å². The topological polar surface area (TPSA) is 76.7 Å². The van der Waals surface area contributed by atoms with E-state index in [2.05, 4.69) is 22.4 Å². The number of aromatic nitrogens is 4. The second kappa shape index (κ2) is 6.98. The average molecular weight is 390 g/mol. The van der Waals surface area contributed by atoms with Crippen LogP contribution in [0.25, 0.3) is 16.6 Å². The molecule has 1 atom stereocenters. The Hall–Kier alpha value is -3.23. The van der Waals surface area contributed by atoms with E-state index in [0.717, 1.165) is 35.4 Å². The van der Waals surface area contributed by atoms with Crippen LogP contribution in [0.3, 0.4) is 0 Å². The first-order valence-corrected chi connectivity index (χ1v) is 9.58. The van der Waals surface area contributed by atoms with Gasteiger partial charge in [0, 0.05) is 36.9 Å². The number of hydrogen-bond donors (Lipinski definition) is 1. The third-order valence-electron chi connectivity index (χ3n) is 5.47. The number of aryl methyl sites for hydroxylation is 1. The summed E-state index contributed by atoms with van der Waals surface area (Å²) in [5, 5.41) is 8.13. The number of nitrogens with one attached hydrogen (secondary N) is 1. The highest BCUT2D eigenvalue weighted by Crippen LogP contribution is 2.23. The van der Waals surface area contributed by atoms with Gasteiger partial charge in [-0.2, -0.15) is 5.10 Å². The summed E-state index contributed by atoms with van der Waals surface area (Å²) in [6.45, 7) is 2.28. The molecule has 1 saturated heterocycles. The third-order valence-corrected chi connectivity index (χ3v) is 5.47. The number of anilines is 1. The molecule has 0 aliphatic carbocycles. The van der Waals surface area contributed by atoms with Gasteiger partial charge in [0.25, 0.3) is 5.91 Å². The van der Waals surface area contributed by atoms with Gasteiger partial charge in [-0.25, -0.2) is 4.98 Å². The molecule has 1 N–H and O–H groups in total. The molecular weight excluding hydrogens is 368 g/mol. The number of likely N-dealkylation sites (N-methyl/N-ethyl adjacent to an activating group) is 1. The van der Waals surface area contributed by atoms with Crippen molar-refractivity contribution in [1.29, 1.82) is 0 Å². The van der Waals surface area contributed by atoms with Crippen molar-refractivity contribution in [3.05, 3.63) is 60.2 Å². The average Bonchev–Trinajstić information content (AvgIpc) is 3.31. The molecule has 8 nitrogen and oxygen atoms in total. The first-order chi connectivity index (χ1) is 14.1. The van der Waals surface area contributed by atoms with Crippen LogP contribution < -0.4 is 5.32 Å². The van der Waals surface area contributed by atoms with E-state index in [4.69, 9.17) is 9.72 Å². The Morgan fingerprint density at radius 1 is 1.21 bits per heavy atom. The van der Waals surface area contributed by atoms with Gasteiger partial charge in [0.2, 0.25) is 0 Å². The second-order valence-corrected chi connectivity index (χ2v) is 7.42. The fourth-order valence-corrected chi connectivity index (χ4v) is 3.75. The molecule has 148 valence electrons. The lowest BCUT2D eigenvalue weighted by molar-refractivity contribution is 0.00369. The molecule has 4 aromatic rings. The summed E-state index contributed by atoms with van der Waals surface area (Å²) in [5.74, 6) is -0.157. The molecule has 1 aromatic carbocycles. The molecule has 0 unspecified atom stereocenters. The van der Waals surface area contributed by atoms with Crippen LogP contribution in [-0.2, 0) is 11.8 Å². The van der Waals surface area contributed by atoms with E-state index in [1.165, 1.54) is 0 Å². The van der Waals surface area contributed by atoms with Crippen LogP contribution in [0.2, 0.25) is 0 Å². The van der Waals surface area contributed by atoms with Crippen molar-refractivity contribution in [2.75, 3.05) is 32.1 Å². The number of rotatable bonds is 3. The van der Waals surface area contributed by atoms with E-state index >= 15 is 0 Å². The Balaban J connectivity index is 1.38. The molecule has 3 aromatic heterocycles. The Labute approximate surface area is 167 Å². The highest BCUT2D eigenvalue weighted by molar-refractivity contribution is 6.06. The maximum absolute atomic E-state index is 12.7. The van der Waals surface area contributed by atoms with Gasteiger partial charge in [-0.05, 0) is 37.4 Å².